The standard InChI is InChI=1S/C16H17N3O4S/c1-9(2)12(15(22)23)18-14(21)11-8-24-16(17-11)19-13(20)10-6-4-3-5-7-10/h3-9,12H,1-2H3,(H,18,21)(H,22,23)(H,17,19,20). The number of amides is 2. The zero-order valence-corrected chi connectivity index (χ0v) is 14.0. The minimum absolute atomic E-state index is 0.0651. The van der Waals surface area contributed by atoms with E-state index in [1.807, 2.05) is 0 Å². The number of carbonyl (C=O) groups is 3. The highest BCUT2D eigenvalue weighted by atomic mass is 32.1. The first-order chi connectivity index (χ1) is 11.4. The van der Waals surface area contributed by atoms with Crippen molar-refractivity contribution in [3.8, 4) is 0 Å². The number of carboxylic acids is 1. The van der Waals surface area contributed by atoms with Gasteiger partial charge in [-0.1, -0.05) is 32.0 Å². The van der Waals surface area contributed by atoms with Crippen LogP contribution in [-0.4, -0.2) is 33.9 Å². The van der Waals surface area contributed by atoms with Crippen LogP contribution in [0.25, 0.3) is 0 Å². The molecule has 0 radical (unpaired) electrons. The number of nitrogens with one attached hydrogen (secondary N) is 2. The van der Waals surface area contributed by atoms with Gasteiger partial charge in [0.2, 0.25) is 0 Å². The molecule has 126 valence electrons. The number of thiazole rings is 1. The van der Waals surface area contributed by atoms with Crippen molar-refractivity contribution in [2.24, 2.45) is 5.92 Å². The maximum Gasteiger partial charge on any atom is 0.326 e. The number of rotatable bonds is 6. The highest BCUT2D eigenvalue weighted by molar-refractivity contribution is 7.14. The molecule has 3 N–H and O–H groups in total. The molecule has 1 atom stereocenters. The molecule has 2 aromatic rings. The Labute approximate surface area is 142 Å². The molecule has 1 heterocycles. The second-order valence-electron chi connectivity index (χ2n) is 5.39. The minimum atomic E-state index is -1.11. The summed E-state index contributed by atoms with van der Waals surface area (Å²) in [5.41, 5.74) is 0.541. The predicted molar refractivity (Wildman–Crippen MR) is 90.2 cm³/mol. The quantitative estimate of drug-likeness (QED) is 0.742. The van der Waals surface area contributed by atoms with E-state index >= 15 is 0 Å². The molecule has 1 aromatic heterocycles. The average Bonchev–Trinajstić information content (AvgIpc) is 3.01. The van der Waals surface area contributed by atoms with Gasteiger partial charge in [0.15, 0.2) is 5.13 Å². The maximum atomic E-state index is 12.1. The fraction of sp³-hybridized carbons (Fsp3) is 0.250. The van der Waals surface area contributed by atoms with E-state index < -0.39 is 17.9 Å². The number of nitrogens with zero attached hydrogens (tertiary/aromatic N) is 1. The Kier molecular flexibility index (Phi) is 5.64. The van der Waals surface area contributed by atoms with Gasteiger partial charge >= 0.3 is 5.97 Å². The van der Waals surface area contributed by atoms with Gasteiger partial charge in [-0.25, -0.2) is 9.78 Å². The van der Waals surface area contributed by atoms with Crippen LogP contribution in [0.5, 0.6) is 0 Å². The number of benzene rings is 1. The van der Waals surface area contributed by atoms with Gasteiger partial charge in [0.1, 0.15) is 11.7 Å². The Balaban J connectivity index is 2.03. The lowest BCUT2D eigenvalue weighted by Gasteiger charge is -2.16. The molecule has 1 aromatic carbocycles. The normalized spacial score (nSPS) is 11.8. The first-order valence-corrected chi connectivity index (χ1v) is 8.12. The lowest BCUT2D eigenvalue weighted by atomic mass is 10.0. The summed E-state index contributed by atoms with van der Waals surface area (Å²) in [4.78, 5) is 39.3. The summed E-state index contributed by atoms with van der Waals surface area (Å²) >= 11 is 1.09. The van der Waals surface area contributed by atoms with Gasteiger partial charge < -0.3 is 10.4 Å². The predicted octanol–water partition coefficient (Wildman–Crippen LogP) is 2.23. The van der Waals surface area contributed by atoms with Gasteiger partial charge in [-0.2, -0.15) is 0 Å². The molecule has 2 amide bonds. The minimum Gasteiger partial charge on any atom is -0.480 e. The Hall–Kier alpha value is -2.74. The fourth-order valence-electron chi connectivity index (χ4n) is 1.92. The summed E-state index contributed by atoms with van der Waals surface area (Å²) in [6.07, 6.45) is 0. The van der Waals surface area contributed by atoms with Crippen molar-refractivity contribution in [3.63, 3.8) is 0 Å². The van der Waals surface area contributed by atoms with Crippen LogP contribution in [0.1, 0.15) is 34.7 Å². The molecular formula is C16H17N3O4S. The number of anilines is 1. The third-order valence-electron chi connectivity index (χ3n) is 3.21. The lowest BCUT2D eigenvalue weighted by Crippen LogP contribution is -2.44. The molecule has 8 heteroatoms. The zero-order chi connectivity index (χ0) is 17.7. The fourth-order valence-corrected chi connectivity index (χ4v) is 2.61. The van der Waals surface area contributed by atoms with E-state index in [0.29, 0.717) is 5.56 Å². The summed E-state index contributed by atoms with van der Waals surface area (Å²) < 4.78 is 0. The molecule has 0 fully saturated rings. The molecule has 0 aliphatic heterocycles. The van der Waals surface area contributed by atoms with Gasteiger partial charge in [-0.15, -0.1) is 11.3 Å². The van der Waals surface area contributed by atoms with Crippen molar-refractivity contribution in [1.29, 1.82) is 0 Å². The first kappa shape index (κ1) is 17.6. The van der Waals surface area contributed by atoms with Crippen molar-refractivity contribution in [1.82, 2.24) is 10.3 Å². The van der Waals surface area contributed by atoms with E-state index in [1.54, 1.807) is 44.2 Å². The molecule has 0 aliphatic rings. The van der Waals surface area contributed by atoms with Crippen LogP contribution in [0.3, 0.4) is 0 Å². The molecule has 0 saturated carbocycles. The SMILES string of the molecule is CC(C)C(NC(=O)c1csc(NC(=O)c2ccccc2)n1)C(=O)O. The van der Waals surface area contributed by atoms with Crippen LogP contribution in [-0.2, 0) is 4.79 Å². The maximum absolute atomic E-state index is 12.1. The number of aromatic nitrogens is 1. The third-order valence-corrected chi connectivity index (χ3v) is 3.97. The van der Waals surface area contributed by atoms with Crippen LogP contribution in [0.15, 0.2) is 35.7 Å². The average molecular weight is 347 g/mol. The van der Waals surface area contributed by atoms with E-state index in [2.05, 4.69) is 15.6 Å². The molecule has 1 unspecified atom stereocenters. The Bertz CT molecular complexity index is 743. The topological polar surface area (TPSA) is 108 Å². The summed E-state index contributed by atoms with van der Waals surface area (Å²) in [5, 5.41) is 15.9. The van der Waals surface area contributed by atoms with Crippen molar-refractivity contribution in [2.45, 2.75) is 19.9 Å². The van der Waals surface area contributed by atoms with Gasteiger partial charge in [0, 0.05) is 10.9 Å². The summed E-state index contributed by atoms with van der Waals surface area (Å²) in [7, 11) is 0. The largest absolute Gasteiger partial charge is 0.480 e. The molecule has 0 aliphatic carbocycles. The molecule has 0 bridgehead atoms. The monoisotopic (exact) mass is 347 g/mol. The zero-order valence-electron chi connectivity index (χ0n) is 13.1. The van der Waals surface area contributed by atoms with Crippen LogP contribution in [0.2, 0.25) is 0 Å². The van der Waals surface area contributed by atoms with E-state index in [4.69, 9.17) is 5.11 Å². The van der Waals surface area contributed by atoms with E-state index in [1.165, 1.54) is 5.38 Å². The van der Waals surface area contributed by atoms with E-state index in [0.717, 1.165) is 11.3 Å². The smallest absolute Gasteiger partial charge is 0.326 e. The highest BCUT2D eigenvalue weighted by Crippen LogP contribution is 2.17. The summed E-state index contributed by atoms with van der Waals surface area (Å²) in [5.74, 6) is -2.29. The Morgan fingerprint density at radius 3 is 2.38 bits per heavy atom. The van der Waals surface area contributed by atoms with Crippen molar-refractivity contribution in [3.05, 3.63) is 47.0 Å². The second-order valence-corrected chi connectivity index (χ2v) is 6.25. The van der Waals surface area contributed by atoms with Crippen LogP contribution in [0, 0.1) is 5.92 Å². The highest BCUT2D eigenvalue weighted by Gasteiger charge is 2.25. The number of carboxylic acid groups (broad SMARTS) is 1. The van der Waals surface area contributed by atoms with Crippen molar-refractivity contribution >= 4 is 34.3 Å². The molecular weight excluding hydrogens is 330 g/mol. The Morgan fingerprint density at radius 1 is 1.12 bits per heavy atom. The van der Waals surface area contributed by atoms with Crippen molar-refractivity contribution in [2.75, 3.05) is 5.32 Å². The molecule has 2 rings (SSSR count). The number of hydrogen-bond acceptors (Lipinski definition) is 5. The number of carbonyl (C=O) groups excluding carboxylic acids is 2. The molecule has 24 heavy (non-hydrogen) atoms. The van der Waals surface area contributed by atoms with Gasteiger partial charge in [-0.05, 0) is 18.1 Å². The van der Waals surface area contributed by atoms with Gasteiger partial charge in [0.05, 0.1) is 0 Å². The Morgan fingerprint density at radius 2 is 1.79 bits per heavy atom. The first-order valence-electron chi connectivity index (χ1n) is 7.24. The number of aliphatic carboxylic acids is 1. The van der Waals surface area contributed by atoms with Gasteiger partial charge in [0.25, 0.3) is 11.8 Å². The van der Waals surface area contributed by atoms with E-state index in [-0.39, 0.29) is 22.7 Å². The lowest BCUT2D eigenvalue weighted by molar-refractivity contribution is -0.140. The second kappa shape index (κ2) is 7.69. The van der Waals surface area contributed by atoms with E-state index in [9.17, 15) is 14.4 Å². The molecule has 7 nitrogen and oxygen atoms in total. The van der Waals surface area contributed by atoms with Crippen LogP contribution < -0.4 is 10.6 Å². The van der Waals surface area contributed by atoms with Crippen molar-refractivity contribution < 1.29 is 19.5 Å². The van der Waals surface area contributed by atoms with Gasteiger partial charge in [-0.3, -0.25) is 14.9 Å². The van der Waals surface area contributed by atoms with Crippen LogP contribution >= 0.6 is 11.3 Å². The third kappa shape index (κ3) is 4.39. The molecule has 0 spiro atoms. The summed E-state index contributed by atoms with van der Waals surface area (Å²) in [6, 6.07) is 7.62. The molecule has 0 saturated heterocycles. The summed E-state index contributed by atoms with van der Waals surface area (Å²) in [6.45, 7) is 3.40. The van der Waals surface area contributed by atoms with Crippen LogP contribution in [0.4, 0.5) is 5.13 Å². The number of hydrogen-bond donors (Lipinski definition) is 3.